The molecule has 2 heterocycles. The van der Waals surface area contributed by atoms with Crippen LogP contribution in [0.15, 0.2) is 70.0 Å². The first-order chi connectivity index (χ1) is 16.7. The fraction of sp³-hybridized carbons (Fsp3) is 0.200. The molecule has 180 valence electrons. The molecule has 1 aliphatic heterocycles. The monoisotopic (exact) mass is 512 g/mol. The minimum atomic E-state index is -3.82. The molecule has 1 atom stereocenters. The van der Waals surface area contributed by atoms with E-state index in [0.29, 0.717) is 22.8 Å². The molecule has 0 unspecified atom stereocenters. The van der Waals surface area contributed by atoms with E-state index in [9.17, 15) is 8.42 Å². The fourth-order valence-electron chi connectivity index (χ4n) is 4.11. The standard InChI is InChI=1S/C25H22ClFN4O3S/c1-15-2-6-17(7-3-15)24-29-30-25(34-24)20-10-22-23(11-21(20)27)35(32,33)14-19(28)13-31(22)12-16-4-8-18(26)9-5-16/h2-11,19H,12-14,28H2,1H3/t19-/m1/s1. The number of hydrogen-bond acceptors (Lipinski definition) is 7. The van der Waals surface area contributed by atoms with E-state index < -0.39 is 21.7 Å². The highest BCUT2D eigenvalue weighted by molar-refractivity contribution is 7.91. The van der Waals surface area contributed by atoms with Crippen molar-refractivity contribution in [2.45, 2.75) is 24.4 Å². The van der Waals surface area contributed by atoms with Crippen molar-refractivity contribution in [1.29, 1.82) is 0 Å². The summed E-state index contributed by atoms with van der Waals surface area (Å²) in [5.41, 5.74) is 9.17. The zero-order valence-electron chi connectivity index (χ0n) is 18.8. The average Bonchev–Trinajstić information content (AvgIpc) is 3.27. The Labute approximate surface area is 207 Å². The number of hydrogen-bond donors (Lipinski definition) is 1. The fourth-order valence-corrected chi connectivity index (χ4v) is 5.88. The number of fused-ring (bicyclic) bond motifs is 1. The molecule has 0 spiro atoms. The number of nitrogens with zero attached hydrogens (tertiary/aromatic N) is 3. The number of aryl methyl sites for hydroxylation is 1. The van der Waals surface area contributed by atoms with Gasteiger partial charge in [-0.05, 0) is 48.9 Å². The van der Waals surface area contributed by atoms with Crippen LogP contribution < -0.4 is 10.6 Å². The second-order valence-electron chi connectivity index (χ2n) is 8.63. The van der Waals surface area contributed by atoms with Crippen LogP contribution in [0.3, 0.4) is 0 Å². The molecule has 0 radical (unpaired) electrons. The number of anilines is 1. The van der Waals surface area contributed by atoms with E-state index in [1.165, 1.54) is 6.07 Å². The molecular formula is C25H22ClFN4O3S. The molecule has 1 aliphatic rings. The minimum Gasteiger partial charge on any atom is -0.416 e. The van der Waals surface area contributed by atoms with Crippen LogP contribution in [0.2, 0.25) is 5.02 Å². The topological polar surface area (TPSA) is 102 Å². The summed E-state index contributed by atoms with van der Waals surface area (Å²) in [6.45, 7) is 2.58. The molecular weight excluding hydrogens is 491 g/mol. The van der Waals surface area contributed by atoms with Crippen molar-refractivity contribution < 1.29 is 17.2 Å². The molecule has 0 saturated heterocycles. The highest BCUT2D eigenvalue weighted by Gasteiger charge is 2.32. The quantitative estimate of drug-likeness (QED) is 0.425. The van der Waals surface area contributed by atoms with Crippen LogP contribution in [0, 0.1) is 12.7 Å². The van der Waals surface area contributed by atoms with Gasteiger partial charge in [-0.2, -0.15) is 0 Å². The molecule has 0 amide bonds. The van der Waals surface area contributed by atoms with Crippen LogP contribution in [-0.2, 0) is 16.4 Å². The van der Waals surface area contributed by atoms with Gasteiger partial charge in [-0.3, -0.25) is 0 Å². The zero-order chi connectivity index (χ0) is 24.7. The molecule has 0 fully saturated rings. The Hall–Kier alpha value is -3.27. The molecule has 0 bridgehead atoms. The Morgan fingerprint density at radius 2 is 1.77 bits per heavy atom. The minimum absolute atomic E-state index is 0.0152. The summed E-state index contributed by atoms with van der Waals surface area (Å²) in [5.74, 6) is -0.859. The summed E-state index contributed by atoms with van der Waals surface area (Å²) >= 11 is 6.00. The number of nitrogens with two attached hydrogens (primary N) is 1. The van der Waals surface area contributed by atoms with Crippen molar-refractivity contribution in [1.82, 2.24) is 10.2 Å². The van der Waals surface area contributed by atoms with Gasteiger partial charge in [-0.15, -0.1) is 10.2 Å². The first kappa shape index (κ1) is 23.5. The van der Waals surface area contributed by atoms with E-state index in [4.69, 9.17) is 21.8 Å². The summed E-state index contributed by atoms with van der Waals surface area (Å²) in [6.07, 6.45) is 0. The van der Waals surface area contributed by atoms with Crippen LogP contribution >= 0.6 is 11.6 Å². The van der Waals surface area contributed by atoms with Gasteiger partial charge in [-0.25, -0.2) is 12.8 Å². The molecule has 10 heteroatoms. The van der Waals surface area contributed by atoms with Crippen molar-refractivity contribution in [2.75, 3.05) is 17.2 Å². The Bertz CT molecular complexity index is 1490. The Morgan fingerprint density at radius 3 is 2.49 bits per heavy atom. The van der Waals surface area contributed by atoms with E-state index >= 15 is 4.39 Å². The maximum Gasteiger partial charge on any atom is 0.251 e. The highest BCUT2D eigenvalue weighted by atomic mass is 35.5. The lowest BCUT2D eigenvalue weighted by Gasteiger charge is -2.26. The van der Waals surface area contributed by atoms with Crippen LogP contribution in [-0.4, -0.2) is 37.0 Å². The van der Waals surface area contributed by atoms with Crippen LogP contribution in [0.25, 0.3) is 22.9 Å². The maximum atomic E-state index is 15.2. The van der Waals surface area contributed by atoms with E-state index in [2.05, 4.69) is 10.2 Å². The molecule has 2 N–H and O–H groups in total. The number of halogens is 2. The smallest absolute Gasteiger partial charge is 0.251 e. The molecule has 1 aromatic heterocycles. The van der Waals surface area contributed by atoms with Crippen molar-refractivity contribution in [3.05, 3.63) is 82.6 Å². The van der Waals surface area contributed by atoms with Gasteiger partial charge in [0.2, 0.25) is 5.89 Å². The van der Waals surface area contributed by atoms with Crippen molar-refractivity contribution in [3.63, 3.8) is 0 Å². The van der Waals surface area contributed by atoms with Crippen LogP contribution in [0.1, 0.15) is 11.1 Å². The summed E-state index contributed by atoms with van der Waals surface area (Å²) in [6, 6.07) is 16.5. The average molecular weight is 513 g/mol. The van der Waals surface area contributed by atoms with Gasteiger partial charge in [0, 0.05) is 29.7 Å². The highest BCUT2D eigenvalue weighted by Crippen LogP contribution is 2.37. The third kappa shape index (κ3) is 4.80. The predicted octanol–water partition coefficient (Wildman–Crippen LogP) is 4.63. The van der Waals surface area contributed by atoms with E-state index in [-0.39, 0.29) is 34.5 Å². The van der Waals surface area contributed by atoms with Crippen molar-refractivity contribution in [3.8, 4) is 22.9 Å². The summed E-state index contributed by atoms with van der Waals surface area (Å²) in [5, 5.41) is 8.67. The predicted molar refractivity (Wildman–Crippen MR) is 132 cm³/mol. The summed E-state index contributed by atoms with van der Waals surface area (Å²) < 4.78 is 47.1. The van der Waals surface area contributed by atoms with Gasteiger partial charge >= 0.3 is 0 Å². The lowest BCUT2D eigenvalue weighted by atomic mass is 10.1. The van der Waals surface area contributed by atoms with Gasteiger partial charge in [-0.1, -0.05) is 41.4 Å². The van der Waals surface area contributed by atoms with Crippen LogP contribution in [0.4, 0.5) is 10.1 Å². The summed E-state index contributed by atoms with van der Waals surface area (Å²) in [4.78, 5) is 1.72. The number of sulfone groups is 1. The van der Waals surface area contributed by atoms with Gasteiger partial charge in [0.15, 0.2) is 9.84 Å². The lowest BCUT2D eigenvalue weighted by molar-refractivity contribution is 0.567. The second kappa shape index (κ2) is 9.07. The maximum absolute atomic E-state index is 15.2. The molecule has 3 aromatic carbocycles. The second-order valence-corrected chi connectivity index (χ2v) is 11.1. The molecule has 4 aromatic rings. The van der Waals surface area contributed by atoms with Crippen molar-refractivity contribution in [2.24, 2.45) is 5.73 Å². The van der Waals surface area contributed by atoms with Gasteiger partial charge in [0.25, 0.3) is 5.89 Å². The SMILES string of the molecule is Cc1ccc(-c2nnc(-c3cc4c(cc3F)S(=O)(=O)C[C@H](N)CN4Cc3ccc(Cl)cc3)o2)cc1. The zero-order valence-corrected chi connectivity index (χ0v) is 20.4. The molecule has 0 aliphatic carbocycles. The van der Waals surface area contributed by atoms with E-state index in [1.54, 1.807) is 12.1 Å². The number of benzene rings is 3. The normalized spacial score (nSPS) is 17.1. The number of rotatable bonds is 4. The van der Waals surface area contributed by atoms with Gasteiger partial charge in [0.05, 0.1) is 21.9 Å². The van der Waals surface area contributed by atoms with Gasteiger partial charge < -0.3 is 15.1 Å². The first-order valence-electron chi connectivity index (χ1n) is 10.9. The molecule has 5 rings (SSSR count). The van der Waals surface area contributed by atoms with Gasteiger partial charge in [0.1, 0.15) is 5.82 Å². The summed E-state index contributed by atoms with van der Waals surface area (Å²) in [7, 11) is -3.82. The Kier molecular flexibility index (Phi) is 6.08. The van der Waals surface area contributed by atoms with E-state index in [0.717, 1.165) is 17.2 Å². The lowest BCUT2D eigenvalue weighted by Crippen LogP contribution is -2.39. The molecule has 7 nitrogen and oxygen atoms in total. The largest absolute Gasteiger partial charge is 0.416 e. The third-order valence-electron chi connectivity index (χ3n) is 5.85. The molecule has 35 heavy (non-hydrogen) atoms. The molecule has 0 saturated carbocycles. The Balaban J connectivity index is 1.59. The van der Waals surface area contributed by atoms with Crippen LogP contribution in [0.5, 0.6) is 0 Å². The first-order valence-corrected chi connectivity index (χ1v) is 12.9. The number of aromatic nitrogens is 2. The third-order valence-corrected chi connectivity index (χ3v) is 7.97. The van der Waals surface area contributed by atoms with Crippen molar-refractivity contribution >= 4 is 27.1 Å². The Morgan fingerprint density at radius 1 is 1.09 bits per heavy atom. The van der Waals surface area contributed by atoms with E-state index in [1.807, 2.05) is 48.2 Å².